The standard InChI is InChI=1S/C25H22P2.2C16H13Si.2Ag/c1-5-13-22(14-6-1)26(23-15-7-2-8-16-23)21-27(24-17-9-3-10-18-24)25-19-11-4-12-20-25;2*1-4-12-8-7-11-15-16(12)13-9-5-6-10-14(13)17(15,2)3;;/h1-20H,21H2;2*5-11H,2-3H3;;/q;2*-1;2*+1/p+2. The van der Waals surface area contributed by atoms with Gasteiger partial charge in [-0.15, -0.1) is 23.3 Å². The fourth-order valence-electron chi connectivity index (χ4n) is 9.19. The minimum absolute atomic E-state index is 0. The van der Waals surface area contributed by atoms with Crippen molar-refractivity contribution >= 4 is 74.0 Å². The van der Waals surface area contributed by atoms with Gasteiger partial charge in [-0.25, -0.2) is 0 Å². The van der Waals surface area contributed by atoms with Crippen molar-refractivity contribution in [1.29, 1.82) is 0 Å². The van der Waals surface area contributed by atoms with Gasteiger partial charge >= 0.3 is 44.8 Å². The molecule has 6 heteroatoms. The molecular formula is C57H50Ag2P2Si2+2. The average molecular weight is 1070 g/mol. The van der Waals surface area contributed by atoms with Crippen LogP contribution >= 0.6 is 15.8 Å². The second-order valence-electron chi connectivity index (χ2n) is 16.6. The normalized spacial score (nSPS) is 12.8. The summed E-state index contributed by atoms with van der Waals surface area (Å²) in [4.78, 5) is 0. The number of benzene rings is 8. The number of hydrogen-bond donors (Lipinski definition) is 0. The summed E-state index contributed by atoms with van der Waals surface area (Å²) in [6.07, 6.45) is 14.9. The van der Waals surface area contributed by atoms with Gasteiger partial charge in [0.1, 0.15) is 53.2 Å². The summed E-state index contributed by atoms with van der Waals surface area (Å²) in [6.45, 7) is 9.52. The summed E-state index contributed by atoms with van der Waals surface area (Å²) in [7, 11) is -4.80. The van der Waals surface area contributed by atoms with Gasteiger partial charge < -0.3 is 12.8 Å². The molecule has 0 aromatic heterocycles. The van der Waals surface area contributed by atoms with E-state index in [0.717, 1.165) is 11.1 Å². The molecule has 0 nitrogen and oxygen atoms in total. The van der Waals surface area contributed by atoms with Crippen molar-refractivity contribution in [1.82, 2.24) is 0 Å². The van der Waals surface area contributed by atoms with E-state index in [4.69, 9.17) is 12.8 Å². The number of fused-ring (bicyclic) bond motifs is 6. The summed E-state index contributed by atoms with van der Waals surface area (Å²) >= 11 is 0. The fraction of sp³-hybridized carbons (Fsp3) is 0.0877. The van der Waals surface area contributed by atoms with Crippen LogP contribution in [0.25, 0.3) is 22.3 Å². The molecule has 2 heterocycles. The van der Waals surface area contributed by atoms with Gasteiger partial charge in [-0.3, -0.25) is 11.8 Å². The second-order valence-corrected chi connectivity index (χ2v) is 30.9. The first-order valence-corrected chi connectivity index (χ1v) is 30.4. The Balaban J connectivity index is 0.000000161. The van der Waals surface area contributed by atoms with Crippen LogP contribution in [-0.4, -0.2) is 22.1 Å². The monoisotopic (exact) mass is 1070 g/mol. The van der Waals surface area contributed by atoms with E-state index >= 15 is 0 Å². The Hall–Kier alpha value is -4.35. The van der Waals surface area contributed by atoms with E-state index in [1.807, 2.05) is 12.1 Å². The Morgan fingerprint density at radius 2 is 0.619 bits per heavy atom. The maximum Gasteiger partial charge on any atom is 1.00 e. The molecule has 0 saturated carbocycles. The van der Waals surface area contributed by atoms with E-state index in [2.05, 4.69) is 232 Å². The van der Waals surface area contributed by atoms with Crippen molar-refractivity contribution in [3.05, 3.63) is 230 Å². The molecule has 0 fully saturated rings. The summed E-state index contributed by atoms with van der Waals surface area (Å²) in [6, 6.07) is 74.2. The summed E-state index contributed by atoms with van der Waals surface area (Å²) in [5.74, 6) is 6.40. The average Bonchev–Trinajstić information content (AvgIpc) is 3.71. The second kappa shape index (κ2) is 21.6. The van der Waals surface area contributed by atoms with Crippen molar-refractivity contribution in [3.63, 3.8) is 0 Å². The van der Waals surface area contributed by atoms with Gasteiger partial charge in [0.25, 0.3) is 0 Å². The van der Waals surface area contributed by atoms with E-state index in [9.17, 15) is 0 Å². The topological polar surface area (TPSA) is 0 Å². The number of rotatable bonds is 6. The third-order valence-corrected chi connectivity index (χ3v) is 26.4. The molecule has 0 amide bonds. The maximum absolute atomic E-state index is 7.45. The molecule has 0 saturated heterocycles. The van der Waals surface area contributed by atoms with Crippen LogP contribution in [0.15, 0.2) is 206 Å². The van der Waals surface area contributed by atoms with Gasteiger partial charge in [-0.2, -0.15) is 0 Å². The van der Waals surface area contributed by atoms with E-state index < -0.39 is 32.0 Å². The first-order chi connectivity index (χ1) is 29.7. The van der Waals surface area contributed by atoms with Crippen LogP contribution in [0.3, 0.4) is 0 Å². The zero-order chi connectivity index (χ0) is 42.4. The zero-order valence-electron chi connectivity index (χ0n) is 35.9. The molecule has 2 aliphatic heterocycles. The van der Waals surface area contributed by atoms with Gasteiger partial charge in [0, 0.05) is 0 Å². The van der Waals surface area contributed by atoms with Crippen LogP contribution in [0.1, 0.15) is 11.1 Å². The SMILES string of the molecule is [Ag+].[Ag+].[C-]#Cc1cccc2c1-c1ccccc1[Si]2(C)C.[C-]#Cc1cccc2c1-c1ccccc1[Si]2(C)C.c1ccc([PH+](C[PH+](c2ccccc2)c2ccccc2)c2ccccc2)cc1. The molecule has 316 valence electrons. The Bertz CT molecular complexity index is 2590. The Morgan fingerprint density at radius 3 is 0.921 bits per heavy atom. The molecule has 63 heavy (non-hydrogen) atoms. The van der Waals surface area contributed by atoms with Crippen LogP contribution < -0.4 is 42.0 Å². The van der Waals surface area contributed by atoms with Gasteiger partial charge in [0.05, 0.1) is 0 Å². The van der Waals surface area contributed by atoms with Gasteiger partial charge in [-0.05, 0) is 70.0 Å². The smallest absolute Gasteiger partial charge is 0.366 e. The fourth-order valence-corrected chi connectivity index (χ4v) is 23.1. The predicted octanol–water partition coefficient (Wildman–Crippen LogP) is 9.52. The largest absolute Gasteiger partial charge is 1.00 e. The Labute approximate surface area is 411 Å². The van der Waals surface area contributed by atoms with E-state index in [-0.39, 0.29) is 44.8 Å². The van der Waals surface area contributed by atoms with Gasteiger partial charge in [-0.1, -0.05) is 193 Å². The minimum Gasteiger partial charge on any atom is -0.366 e. The third-order valence-electron chi connectivity index (χ3n) is 12.3. The summed E-state index contributed by atoms with van der Waals surface area (Å²) < 4.78 is 0. The van der Waals surface area contributed by atoms with E-state index in [1.54, 1.807) is 0 Å². The molecule has 0 N–H and O–H groups in total. The quantitative estimate of drug-likeness (QED) is 0.0675. The molecule has 0 spiro atoms. The van der Waals surface area contributed by atoms with Crippen LogP contribution in [0, 0.1) is 24.7 Å². The zero-order valence-corrected chi connectivity index (χ0v) is 42.9. The molecule has 10 rings (SSSR count). The molecule has 8 aromatic rings. The molecular weight excluding hydrogens is 1020 g/mol. The van der Waals surface area contributed by atoms with Crippen molar-refractivity contribution in [2.24, 2.45) is 0 Å². The first-order valence-electron chi connectivity index (χ1n) is 21.0. The maximum atomic E-state index is 7.45. The van der Waals surface area contributed by atoms with Crippen molar-refractivity contribution in [2.45, 2.75) is 26.2 Å². The third kappa shape index (κ3) is 10.00. The number of hydrogen-bond acceptors (Lipinski definition) is 0. The van der Waals surface area contributed by atoms with Crippen molar-refractivity contribution in [2.75, 3.05) is 5.90 Å². The molecule has 0 radical (unpaired) electrons. The van der Waals surface area contributed by atoms with E-state index in [1.165, 1.54) is 70.1 Å². The molecule has 2 aliphatic rings. The molecule has 0 aliphatic carbocycles. The molecule has 8 aromatic carbocycles. The molecule has 0 unspecified atom stereocenters. The van der Waals surface area contributed by atoms with Crippen LogP contribution in [0.4, 0.5) is 0 Å². The Morgan fingerprint density at radius 1 is 0.349 bits per heavy atom. The minimum atomic E-state index is -1.55. The van der Waals surface area contributed by atoms with Gasteiger partial charge in [0.15, 0.2) is 5.90 Å². The first kappa shape index (κ1) is 48.1. The van der Waals surface area contributed by atoms with Crippen molar-refractivity contribution in [3.8, 4) is 34.1 Å². The van der Waals surface area contributed by atoms with Crippen molar-refractivity contribution < 1.29 is 44.8 Å². The molecule has 0 bridgehead atoms. The van der Waals surface area contributed by atoms with Gasteiger partial charge in [0.2, 0.25) is 0 Å². The van der Waals surface area contributed by atoms with E-state index in [0.29, 0.717) is 0 Å². The molecule has 0 atom stereocenters. The summed E-state index contributed by atoms with van der Waals surface area (Å²) in [5.41, 5.74) is 6.97. The summed E-state index contributed by atoms with van der Waals surface area (Å²) in [5, 5.41) is 11.9. The van der Waals surface area contributed by atoms with Crippen LogP contribution in [0.2, 0.25) is 26.2 Å². The Kier molecular flexibility index (Phi) is 16.5. The van der Waals surface area contributed by atoms with Crippen LogP contribution in [0.5, 0.6) is 0 Å². The van der Waals surface area contributed by atoms with Crippen LogP contribution in [-0.2, 0) is 44.8 Å². The predicted molar refractivity (Wildman–Crippen MR) is 276 cm³/mol.